The van der Waals surface area contributed by atoms with Crippen molar-refractivity contribution in [2.24, 2.45) is 0 Å². The first-order valence-corrected chi connectivity index (χ1v) is 21.4. The molecule has 2 heteroatoms. The molecule has 0 aliphatic carbocycles. The highest BCUT2D eigenvalue weighted by molar-refractivity contribution is 6.09. The van der Waals surface area contributed by atoms with Gasteiger partial charge in [-0.05, 0) is 122 Å². The predicted molar refractivity (Wildman–Crippen MR) is 261 cm³/mol. The van der Waals surface area contributed by atoms with Crippen LogP contribution in [0.3, 0.4) is 0 Å². The molecule has 0 fully saturated rings. The monoisotopic (exact) mass is 780 g/mol. The third-order valence-corrected chi connectivity index (χ3v) is 12.3. The van der Waals surface area contributed by atoms with Crippen molar-refractivity contribution in [3.8, 4) is 39.1 Å². The third-order valence-electron chi connectivity index (χ3n) is 12.3. The smallest absolute Gasteiger partial charge is 0.0543 e. The van der Waals surface area contributed by atoms with Gasteiger partial charge in [0.05, 0.1) is 16.7 Å². The van der Waals surface area contributed by atoms with Crippen LogP contribution in [-0.2, 0) is 6.42 Å². The molecule has 0 aliphatic rings. The average Bonchev–Trinajstić information content (AvgIpc) is 3.66. The highest BCUT2D eigenvalue weighted by Gasteiger charge is 2.20. The predicted octanol–water partition coefficient (Wildman–Crippen LogP) is 16.5. The quantitative estimate of drug-likeness (QED) is 0.142. The molecule has 0 saturated heterocycles. The summed E-state index contributed by atoms with van der Waals surface area (Å²) in [6.45, 7) is 2.25. The van der Waals surface area contributed by atoms with Crippen LogP contribution >= 0.6 is 0 Å². The van der Waals surface area contributed by atoms with Crippen LogP contribution in [0.1, 0.15) is 18.9 Å². The summed E-state index contributed by atoms with van der Waals surface area (Å²) in [6, 6.07) is 82.4. The summed E-state index contributed by atoms with van der Waals surface area (Å²) in [6.07, 6.45) is 2.18. The van der Waals surface area contributed by atoms with Crippen LogP contribution in [0.5, 0.6) is 0 Å². The molecule has 0 atom stereocenters. The second-order valence-corrected chi connectivity index (χ2v) is 16.0. The van der Waals surface area contributed by atoms with Gasteiger partial charge in [-0.1, -0.05) is 177 Å². The molecule has 290 valence electrons. The third kappa shape index (κ3) is 6.63. The Morgan fingerprint density at radius 1 is 0.377 bits per heavy atom. The fourth-order valence-corrected chi connectivity index (χ4v) is 9.33. The first-order chi connectivity index (χ1) is 30.2. The molecule has 11 aromatic rings. The second-order valence-electron chi connectivity index (χ2n) is 16.0. The van der Waals surface area contributed by atoms with Gasteiger partial charge in [0.2, 0.25) is 0 Å². The molecular formula is C59H44N2. The average molecular weight is 781 g/mol. The first-order valence-electron chi connectivity index (χ1n) is 21.4. The van der Waals surface area contributed by atoms with E-state index in [0.717, 1.165) is 35.6 Å². The highest BCUT2D eigenvalue weighted by atomic mass is 15.1. The minimum Gasteiger partial charge on any atom is -0.310 e. The molecule has 2 nitrogen and oxygen atoms in total. The molecule has 0 spiro atoms. The van der Waals surface area contributed by atoms with Crippen molar-refractivity contribution in [2.45, 2.75) is 19.8 Å². The van der Waals surface area contributed by atoms with E-state index in [9.17, 15) is 0 Å². The van der Waals surface area contributed by atoms with Crippen LogP contribution in [0.2, 0.25) is 0 Å². The minimum atomic E-state index is 1.06. The largest absolute Gasteiger partial charge is 0.310 e. The number of para-hydroxylation sites is 1. The van der Waals surface area contributed by atoms with Crippen molar-refractivity contribution in [3.63, 3.8) is 0 Å². The van der Waals surface area contributed by atoms with Crippen molar-refractivity contribution in [1.29, 1.82) is 0 Å². The van der Waals surface area contributed by atoms with Gasteiger partial charge in [0.1, 0.15) is 0 Å². The molecular weight excluding hydrogens is 737 g/mol. The number of hydrogen-bond donors (Lipinski definition) is 0. The Hall–Kier alpha value is -7.68. The molecule has 11 rings (SSSR count). The van der Waals surface area contributed by atoms with Gasteiger partial charge >= 0.3 is 0 Å². The maximum Gasteiger partial charge on any atom is 0.0543 e. The van der Waals surface area contributed by atoms with E-state index in [2.05, 4.69) is 241 Å². The number of nitrogens with zero attached hydrogens (tertiary/aromatic N) is 2. The van der Waals surface area contributed by atoms with E-state index in [0.29, 0.717) is 0 Å². The molecule has 0 aliphatic heterocycles. The van der Waals surface area contributed by atoms with Crippen molar-refractivity contribution in [1.82, 2.24) is 4.57 Å². The lowest BCUT2D eigenvalue weighted by Gasteiger charge is -2.28. The molecule has 0 amide bonds. The van der Waals surface area contributed by atoms with Crippen molar-refractivity contribution >= 4 is 60.4 Å². The normalized spacial score (nSPS) is 11.5. The number of aryl methyl sites for hydroxylation is 1. The van der Waals surface area contributed by atoms with E-state index in [1.54, 1.807) is 0 Å². The van der Waals surface area contributed by atoms with Crippen molar-refractivity contribution < 1.29 is 0 Å². The van der Waals surface area contributed by atoms with Crippen LogP contribution in [0.4, 0.5) is 17.1 Å². The van der Waals surface area contributed by atoms with Crippen molar-refractivity contribution in [3.05, 3.63) is 230 Å². The Labute approximate surface area is 357 Å². The zero-order chi connectivity index (χ0) is 40.7. The van der Waals surface area contributed by atoms with Crippen LogP contribution < -0.4 is 4.90 Å². The standard InChI is InChI=1S/C59H44N2/c1-2-14-41-27-35-55-54-24-10-11-25-58(54)61(59(55)37-41)50-22-12-21-48(39-50)52-36-34-51(40-56(52)45-16-4-3-5-17-45)60(57-26-13-20-44-18-8-9-23-53(44)57)49-32-30-43(31-33-49)47-29-28-42-15-6-7-19-46(42)38-47/h3-13,15-40H,2,14H2,1H3. The zero-order valence-corrected chi connectivity index (χ0v) is 34.2. The lowest BCUT2D eigenvalue weighted by Crippen LogP contribution is -2.11. The molecule has 0 N–H and O–H groups in total. The van der Waals surface area contributed by atoms with Gasteiger partial charge < -0.3 is 9.47 Å². The van der Waals surface area contributed by atoms with Crippen LogP contribution in [0.25, 0.3) is 82.4 Å². The number of fused-ring (bicyclic) bond motifs is 5. The van der Waals surface area contributed by atoms with Gasteiger partial charge in [0.25, 0.3) is 0 Å². The van der Waals surface area contributed by atoms with E-state index >= 15 is 0 Å². The van der Waals surface area contributed by atoms with E-state index < -0.39 is 0 Å². The van der Waals surface area contributed by atoms with Crippen LogP contribution in [-0.4, -0.2) is 4.57 Å². The van der Waals surface area contributed by atoms with E-state index in [1.807, 2.05) is 0 Å². The first kappa shape index (κ1) is 36.4. The summed E-state index contributed by atoms with van der Waals surface area (Å²) in [7, 11) is 0. The number of benzene rings is 10. The summed E-state index contributed by atoms with van der Waals surface area (Å²) < 4.78 is 2.45. The Kier molecular flexibility index (Phi) is 9.24. The second kappa shape index (κ2) is 15.5. The Bertz CT molecular complexity index is 3370. The Balaban J connectivity index is 1.07. The summed E-state index contributed by atoms with van der Waals surface area (Å²) in [4.78, 5) is 2.42. The summed E-state index contributed by atoms with van der Waals surface area (Å²) >= 11 is 0. The van der Waals surface area contributed by atoms with Crippen LogP contribution in [0, 0.1) is 0 Å². The number of aromatic nitrogens is 1. The van der Waals surface area contributed by atoms with E-state index in [1.165, 1.54) is 82.3 Å². The fraction of sp³-hybridized carbons (Fsp3) is 0.0508. The lowest BCUT2D eigenvalue weighted by molar-refractivity contribution is 0.923. The molecule has 1 heterocycles. The van der Waals surface area contributed by atoms with Crippen molar-refractivity contribution in [2.75, 3.05) is 4.90 Å². The van der Waals surface area contributed by atoms with Gasteiger partial charge in [-0.25, -0.2) is 0 Å². The molecule has 61 heavy (non-hydrogen) atoms. The van der Waals surface area contributed by atoms with Gasteiger partial charge in [0.15, 0.2) is 0 Å². The van der Waals surface area contributed by atoms with Gasteiger partial charge in [-0.2, -0.15) is 0 Å². The molecule has 1 aromatic heterocycles. The van der Waals surface area contributed by atoms with Gasteiger partial charge in [0, 0.05) is 33.2 Å². The fourth-order valence-electron chi connectivity index (χ4n) is 9.33. The van der Waals surface area contributed by atoms with E-state index in [4.69, 9.17) is 0 Å². The molecule has 0 unspecified atom stereocenters. The molecule has 0 bridgehead atoms. The van der Waals surface area contributed by atoms with Gasteiger partial charge in [-0.3, -0.25) is 0 Å². The van der Waals surface area contributed by atoms with Crippen LogP contribution in [0.15, 0.2) is 224 Å². The summed E-state index contributed by atoms with van der Waals surface area (Å²) in [5.41, 5.74) is 15.5. The highest BCUT2D eigenvalue weighted by Crippen LogP contribution is 2.44. The molecule has 0 radical (unpaired) electrons. The molecule has 10 aromatic carbocycles. The minimum absolute atomic E-state index is 1.06. The lowest BCUT2D eigenvalue weighted by atomic mass is 9.93. The number of hydrogen-bond acceptors (Lipinski definition) is 1. The topological polar surface area (TPSA) is 8.17 Å². The molecule has 0 saturated carbocycles. The Morgan fingerprint density at radius 2 is 1.05 bits per heavy atom. The zero-order valence-electron chi connectivity index (χ0n) is 34.2. The summed E-state index contributed by atoms with van der Waals surface area (Å²) in [5, 5.41) is 7.48. The maximum atomic E-state index is 2.45. The van der Waals surface area contributed by atoms with Gasteiger partial charge in [-0.15, -0.1) is 0 Å². The van der Waals surface area contributed by atoms with E-state index in [-0.39, 0.29) is 0 Å². The summed E-state index contributed by atoms with van der Waals surface area (Å²) in [5.74, 6) is 0. The number of rotatable bonds is 9. The Morgan fingerprint density at radius 3 is 1.90 bits per heavy atom. The maximum absolute atomic E-state index is 2.45. The number of anilines is 3. The SMILES string of the molecule is CCCc1ccc2c3ccccc3n(-c3cccc(-c4ccc(N(c5ccc(-c6ccc7ccccc7c6)cc5)c5cccc6ccccc56)cc4-c4ccccc4)c3)c2c1.